The summed E-state index contributed by atoms with van der Waals surface area (Å²) in [4.78, 5) is 15.1. The fourth-order valence-corrected chi connectivity index (χ4v) is 4.09. The Morgan fingerprint density at radius 2 is 1.77 bits per heavy atom. The van der Waals surface area contributed by atoms with Gasteiger partial charge in [-0.2, -0.15) is 5.10 Å². The van der Waals surface area contributed by atoms with Crippen molar-refractivity contribution in [3.63, 3.8) is 0 Å². The molecule has 0 spiro atoms. The van der Waals surface area contributed by atoms with Gasteiger partial charge in [-0.05, 0) is 42.5 Å². The van der Waals surface area contributed by atoms with Gasteiger partial charge in [0.15, 0.2) is 5.82 Å². The molecule has 1 N–H and O–H groups in total. The van der Waals surface area contributed by atoms with E-state index in [1.165, 1.54) is 5.56 Å². The Bertz CT molecular complexity index is 1070. The van der Waals surface area contributed by atoms with Crippen LogP contribution in [0.25, 0.3) is 11.1 Å². The standard InChI is InChI=1S/C25H30N4O2/c1-4-20-10-7-9-19(3)24(20)26-23(30)17-29-16-22(21-11-6-5-8-18(21)2)25(27-29)28-12-14-31-15-13-28/h5-11,16H,4,12-15,17H2,1-3H3,(H,26,30). The molecule has 1 aromatic heterocycles. The predicted octanol–water partition coefficient (Wildman–Crippen LogP) is 4.20. The maximum absolute atomic E-state index is 12.9. The van der Waals surface area contributed by atoms with Crippen LogP contribution in [0, 0.1) is 13.8 Å². The van der Waals surface area contributed by atoms with Crippen LogP contribution in [0.3, 0.4) is 0 Å². The Morgan fingerprint density at radius 1 is 1.03 bits per heavy atom. The van der Waals surface area contributed by atoms with Crippen LogP contribution in [0.1, 0.15) is 23.6 Å². The van der Waals surface area contributed by atoms with Crippen LogP contribution in [-0.2, 0) is 22.5 Å². The van der Waals surface area contributed by atoms with Gasteiger partial charge in [0, 0.05) is 30.5 Å². The Labute approximate surface area is 183 Å². The van der Waals surface area contributed by atoms with Crippen molar-refractivity contribution in [2.75, 3.05) is 36.5 Å². The Balaban J connectivity index is 1.62. The number of rotatable bonds is 6. The zero-order chi connectivity index (χ0) is 21.8. The molecule has 1 fully saturated rings. The van der Waals surface area contributed by atoms with E-state index in [2.05, 4.69) is 42.3 Å². The van der Waals surface area contributed by atoms with Crippen molar-refractivity contribution >= 4 is 17.4 Å². The molecule has 6 heteroatoms. The van der Waals surface area contributed by atoms with Crippen LogP contribution in [-0.4, -0.2) is 42.0 Å². The number of para-hydroxylation sites is 1. The molecule has 1 aliphatic rings. The van der Waals surface area contributed by atoms with E-state index in [0.29, 0.717) is 13.2 Å². The predicted molar refractivity (Wildman–Crippen MR) is 125 cm³/mol. The van der Waals surface area contributed by atoms with Crippen molar-refractivity contribution in [1.82, 2.24) is 9.78 Å². The second-order valence-electron chi connectivity index (χ2n) is 7.99. The second kappa shape index (κ2) is 9.35. The average molecular weight is 419 g/mol. The first-order valence-corrected chi connectivity index (χ1v) is 10.9. The molecule has 2 aromatic carbocycles. The van der Waals surface area contributed by atoms with Gasteiger partial charge in [-0.1, -0.05) is 49.4 Å². The van der Waals surface area contributed by atoms with E-state index in [1.807, 2.05) is 37.4 Å². The third-order valence-electron chi connectivity index (χ3n) is 5.80. The number of hydrogen-bond donors (Lipinski definition) is 1. The van der Waals surface area contributed by atoms with Crippen LogP contribution < -0.4 is 10.2 Å². The summed E-state index contributed by atoms with van der Waals surface area (Å²) in [7, 11) is 0. The number of hydrogen-bond acceptors (Lipinski definition) is 4. The Kier molecular flexibility index (Phi) is 6.37. The molecule has 1 saturated heterocycles. The minimum atomic E-state index is -0.0728. The summed E-state index contributed by atoms with van der Waals surface area (Å²) in [6.07, 6.45) is 2.86. The smallest absolute Gasteiger partial charge is 0.246 e. The molecule has 0 aliphatic carbocycles. The average Bonchev–Trinajstić information content (AvgIpc) is 3.19. The molecule has 4 rings (SSSR count). The van der Waals surface area contributed by atoms with Crippen LogP contribution in [0.15, 0.2) is 48.7 Å². The summed E-state index contributed by atoms with van der Waals surface area (Å²) < 4.78 is 7.28. The van der Waals surface area contributed by atoms with Crippen LogP contribution >= 0.6 is 0 Å². The number of benzene rings is 2. The number of nitrogens with one attached hydrogen (secondary N) is 1. The minimum Gasteiger partial charge on any atom is -0.378 e. The lowest BCUT2D eigenvalue weighted by Gasteiger charge is -2.27. The van der Waals surface area contributed by atoms with Gasteiger partial charge in [-0.15, -0.1) is 0 Å². The van der Waals surface area contributed by atoms with Crippen molar-refractivity contribution < 1.29 is 9.53 Å². The molecule has 3 aromatic rings. The summed E-state index contributed by atoms with van der Waals surface area (Å²) >= 11 is 0. The highest BCUT2D eigenvalue weighted by Gasteiger charge is 2.21. The molecule has 0 bridgehead atoms. The van der Waals surface area contributed by atoms with Crippen molar-refractivity contribution in [1.29, 1.82) is 0 Å². The van der Waals surface area contributed by atoms with E-state index in [4.69, 9.17) is 9.84 Å². The fraction of sp³-hybridized carbons (Fsp3) is 0.360. The quantitative estimate of drug-likeness (QED) is 0.652. The van der Waals surface area contributed by atoms with Gasteiger partial charge in [0.2, 0.25) is 5.91 Å². The van der Waals surface area contributed by atoms with Gasteiger partial charge in [-0.25, -0.2) is 0 Å². The lowest BCUT2D eigenvalue weighted by molar-refractivity contribution is -0.116. The third-order valence-corrected chi connectivity index (χ3v) is 5.80. The minimum absolute atomic E-state index is 0.0728. The largest absolute Gasteiger partial charge is 0.378 e. The van der Waals surface area contributed by atoms with Gasteiger partial charge in [-0.3, -0.25) is 9.48 Å². The fourth-order valence-electron chi connectivity index (χ4n) is 4.09. The number of carbonyl (C=O) groups is 1. The molecule has 2 heterocycles. The molecule has 1 amide bonds. The molecule has 0 atom stereocenters. The Morgan fingerprint density at radius 3 is 2.52 bits per heavy atom. The number of aryl methyl sites for hydroxylation is 3. The van der Waals surface area contributed by atoms with Gasteiger partial charge in [0.1, 0.15) is 6.54 Å². The molecular formula is C25H30N4O2. The topological polar surface area (TPSA) is 59.4 Å². The number of anilines is 2. The second-order valence-corrected chi connectivity index (χ2v) is 7.99. The van der Waals surface area contributed by atoms with Gasteiger partial charge in [0.05, 0.1) is 13.2 Å². The van der Waals surface area contributed by atoms with Crippen molar-refractivity contribution in [3.05, 3.63) is 65.4 Å². The normalized spacial score (nSPS) is 14.0. The number of morpholine rings is 1. The number of aromatic nitrogens is 2. The van der Waals surface area contributed by atoms with E-state index in [-0.39, 0.29) is 12.5 Å². The van der Waals surface area contributed by atoms with E-state index in [9.17, 15) is 4.79 Å². The Hall–Kier alpha value is -3.12. The number of ether oxygens (including phenoxy) is 1. The monoisotopic (exact) mass is 418 g/mol. The van der Waals surface area contributed by atoms with E-state index >= 15 is 0 Å². The molecule has 0 saturated carbocycles. The van der Waals surface area contributed by atoms with E-state index in [0.717, 1.165) is 53.3 Å². The number of amides is 1. The van der Waals surface area contributed by atoms with Crippen LogP contribution in [0.2, 0.25) is 0 Å². The summed E-state index contributed by atoms with van der Waals surface area (Å²) in [5.41, 5.74) is 6.51. The summed E-state index contributed by atoms with van der Waals surface area (Å²) in [5.74, 6) is 0.840. The molecule has 6 nitrogen and oxygen atoms in total. The summed E-state index contributed by atoms with van der Waals surface area (Å²) in [6.45, 7) is 9.36. The van der Waals surface area contributed by atoms with Crippen molar-refractivity contribution in [2.45, 2.75) is 33.7 Å². The van der Waals surface area contributed by atoms with Crippen LogP contribution in [0.4, 0.5) is 11.5 Å². The number of nitrogens with zero attached hydrogens (tertiary/aromatic N) is 3. The van der Waals surface area contributed by atoms with E-state index in [1.54, 1.807) is 4.68 Å². The maximum Gasteiger partial charge on any atom is 0.246 e. The highest BCUT2D eigenvalue weighted by Crippen LogP contribution is 2.32. The van der Waals surface area contributed by atoms with Crippen molar-refractivity contribution in [3.8, 4) is 11.1 Å². The van der Waals surface area contributed by atoms with Gasteiger partial charge < -0.3 is 15.0 Å². The summed E-state index contributed by atoms with van der Waals surface area (Å²) in [5, 5.41) is 7.93. The molecule has 1 aliphatic heterocycles. The number of carbonyl (C=O) groups excluding carboxylic acids is 1. The van der Waals surface area contributed by atoms with Gasteiger partial charge in [0.25, 0.3) is 0 Å². The van der Waals surface area contributed by atoms with Gasteiger partial charge >= 0.3 is 0 Å². The molecule has 0 radical (unpaired) electrons. The van der Waals surface area contributed by atoms with E-state index < -0.39 is 0 Å². The third kappa shape index (κ3) is 4.64. The molecular weight excluding hydrogens is 388 g/mol. The highest BCUT2D eigenvalue weighted by atomic mass is 16.5. The lowest BCUT2D eigenvalue weighted by Crippen LogP contribution is -2.37. The highest BCUT2D eigenvalue weighted by molar-refractivity contribution is 5.92. The maximum atomic E-state index is 12.9. The molecule has 31 heavy (non-hydrogen) atoms. The first-order chi connectivity index (χ1) is 15.1. The SMILES string of the molecule is CCc1cccc(C)c1NC(=O)Cn1cc(-c2ccccc2C)c(N2CCOCC2)n1. The first kappa shape index (κ1) is 21.1. The van der Waals surface area contributed by atoms with Crippen molar-refractivity contribution in [2.24, 2.45) is 0 Å². The molecule has 162 valence electrons. The summed E-state index contributed by atoms with van der Waals surface area (Å²) in [6, 6.07) is 14.4. The molecule has 0 unspecified atom stereocenters. The lowest BCUT2D eigenvalue weighted by atomic mass is 10.0. The van der Waals surface area contributed by atoms with Crippen LogP contribution in [0.5, 0.6) is 0 Å². The first-order valence-electron chi connectivity index (χ1n) is 10.9. The zero-order valence-electron chi connectivity index (χ0n) is 18.5. The zero-order valence-corrected chi connectivity index (χ0v) is 18.5.